The van der Waals surface area contributed by atoms with Crippen molar-refractivity contribution in [2.45, 2.75) is 19.9 Å². The van der Waals surface area contributed by atoms with Gasteiger partial charge in [-0.1, -0.05) is 39.3 Å². The quantitative estimate of drug-likeness (QED) is 0.669. The summed E-state index contributed by atoms with van der Waals surface area (Å²) in [5.74, 6) is -0.438. The van der Waals surface area contributed by atoms with Gasteiger partial charge in [0.2, 0.25) is 0 Å². The second kappa shape index (κ2) is 5.74. The van der Waals surface area contributed by atoms with Gasteiger partial charge >= 0.3 is 0 Å². The Morgan fingerprint density at radius 2 is 1.90 bits per heavy atom. The summed E-state index contributed by atoms with van der Waals surface area (Å²) in [5.41, 5.74) is 2.41. The number of phenols is 1. The van der Waals surface area contributed by atoms with Gasteiger partial charge < -0.3 is 10.4 Å². The molecule has 1 aliphatic rings. The van der Waals surface area contributed by atoms with E-state index in [0.717, 1.165) is 15.7 Å². The summed E-state index contributed by atoms with van der Waals surface area (Å²) in [4.78, 5) is 0. The highest BCUT2D eigenvalue weighted by Crippen LogP contribution is 2.40. The van der Waals surface area contributed by atoms with Crippen molar-refractivity contribution in [3.8, 4) is 5.75 Å². The minimum absolute atomic E-state index is 0. The van der Waals surface area contributed by atoms with E-state index in [1.165, 1.54) is 12.1 Å². The first-order valence-electron chi connectivity index (χ1n) is 5.77. The minimum atomic E-state index is -0.406. The summed E-state index contributed by atoms with van der Waals surface area (Å²) in [7, 11) is 0. The monoisotopic (exact) mass is 401 g/mol. The summed E-state index contributed by atoms with van der Waals surface area (Å²) in [6.45, 7) is 0. The number of aromatic hydroxyl groups is 1. The zero-order chi connectivity index (χ0) is 13.6. The minimum Gasteiger partial charge on any atom is -0.507 e. The van der Waals surface area contributed by atoms with E-state index < -0.39 is 5.82 Å². The lowest BCUT2D eigenvalue weighted by Gasteiger charge is -2.14. The molecule has 0 saturated heterocycles. The number of hydrogen-bond donors (Lipinski definition) is 2. The Labute approximate surface area is 134 Å². The Morgan fingerprint density at radius 1 is 1.15 bits per heavy atom. The molecule has 106 valence electrons. The van der Waals surface area contributed by atoms with Gasteiger partial charge in [0.15, 0.2) is 0 Å². The lowest BCUT2D eigenvalue weighted by Crippen LogP contribution is -2.08. The van der Waals surface area contributed by atoms with Crippen LogP contribution >= 0.6 is 31.9 Å². The number of anilines is 1. The van der Waals surface area contributed by atoms with Crippen LogP contribution in [0.5, 0.6) is 5.75 Å². The van der Waals surface area contributed by atoms with Crippen molar-refractivity contribution in [1.82, 2.24) is 0 Å². The van der Waals surface area contributed by atoms with Gasteiger partial charge in [0.05, 0.1) is 11.6 Å². The summed E-state index contributed by atoms with van der Waals surface area (Å²) in [6, 6.07) is 8.54. The van der Waals surface area contributed by atoms with Crippen LogP contribution in [0.15, 0.2) is 39.3 Å². The fourth-order valence-corrected chi connectivity index (χ4v) is 3.25. The van der Waals surface area contributed by atoms with Crippen molar-refractivity contribution in [1.29, 1.82) is 0 Å². The van der Waals surface area contributed by atoms with Crippen molar-refractivity contribution in [2.75, 3.05) is 5.32 Å². The molecule has 0 amide bonds. The molecule has 2 aromatic rings. The molecule has 0 fully saturated rings. The van der Waals surface area contributed by atoms with Crippen LogP contribution in [0, 0.1) is 5.82 Å². The van der Waals surface area contributed by atoms with Crippen molar-refractivity contribution in [2.24, 2.45) is 0 Å². The SMILES string of the molecule is C.Oc1cc(Br)cc(F)c1C1Cc2cc(Br)ccc2N1. The largest absolute Gasteiger partial charge is 0.507 e. The zero-order valence-corrected chi connectivity index (χ0v) is 12.9. The Morgan fingerprint density at radius 3 is 2.60 bits per heavy atom. The molecule has 0 bridgehead atoms. The number of fused-ring (bicyclic) bond motifs is 1. The number of rotatable bonds is 1. The molecular weight excluding hydrogens is 389 g/mol. The van der Waals surface area contributed by atoms with Crippen LogP contribution in [0.25, 0.3) is 0 Å². The molecule has 2 N–H and O–H groups in total. The van der Waals surface area contributed by atoms with Crippen molar-refractivity contribution in [3.63, 3.8) is 0 Å². The van der Waals surface area contributed by atoms with Crippen LogP contribution in [0.3, 0.4) is 0 Å². The van der Waals surface area contributed by atoms with Gasteiger partial charge in [-0.2, -0.15) is 0 Å². The lowest BCUT2D eigenvalue weighted by atomic mass is 10.0. The number of halogens is 3. The van der Waals surface area contributed by atoms with Gasteiger partial charge in [-0.3, -0.25) is 0 Å². The molecule has 0 saturated carbocycles. The number of nitrogens with one attached hydrogen (secondary N) is 1. The molecule has 1 unspecified atom stereocenters. The van der Waals surface area contributed by atoms with E-state index in [4.69, 9.17) is 0 Å². The van der Waals surface area contributed by atoms with Gasteiger partial charge in [0.25, 0.3) is 0 Å². The third-order valence-corrected chi connectivity index (χ3v) is 4.19. The molecule has 0 aromatic heterocycles. The van der Waals surface area contributed by atoms with Gasteiger partial charge in [-0.25, -0.2) is 4.39 Å². The first-order chi connectivity index (χ1) is 9.04. The maximum absolute atomic E-state index is 14.0. The van der Waals surface area contributed by atoms with Crippen molar-refractivity contribution >= 4 is 37.5 Å². The van der Waals surface area contributed by atoms with Crippen LogP contribution in [-0.4, -0.2) is 5.11 Å². The molecule has 3 rings (SSSR count). The van der Waals surface area contributed by atoms with Gasteiger partial charge in [-0.15, -0.1) is 0 Å². The third-order valence-electron chi connectivity index (χ3n) is 3.24. The predicted molar refractivity (Wildman–Crippen MR) is 86.7 cm³/mol. The molecule has 5 heteroatoms. The maximum atomic E-state index is 14.0. The average Bonchev–Trinajstić information content (AvgIpc) is 2.69. The second-order valence-corrected chi connectivity index (χ2v) is 6.35. The summed E-state index contributed by atoms with van der Waals surface area (Å²) >= 11 is 6.59. The number of benzene rings is 2. The second-order valence-electron chi connectivity index (χ2n) is 4.52. The smallest absolute Gasteiger partial charge is 0.133 e. The van der Waals surface area contributed by atoms with Crippen molar-refractivity contribution < 1.29 is 9.50 Å². The fourth-order valence-electron chi connectivity index (χ4n) is 2.42. The first-order valence-corrected chi connectivity index (χ1v) is 7.36. The molecular formula is C15H14Br2FNO. The average molecular weight is 403 g/mol. The van der Waals surface area contributed by atoms with Gasteiger partial charge in [0.1, 0.15) is 11.6 Å². The van der Waals surface area contributed by atoms with E-state index >= 15 is 0 Å². The van der Waals surface area contributed by atoms with Gasteiger partial charge in [-0.05, 0) is 42.3 Å². The van der Waals surface area contributed by atoms with E-state index in [2.05, 4.69) is 37.2 Å². The van der Waals surface area contributed by atoms with E-state index in [9.17, 15) is 9.50 Å². The highest BCUT2D eigenvalue weighted by molar-refractivity contribution is 9.10. The predicted octanol–water partition coefficient (Wildman–Crippen LogP) is 5.40. The Balaban J connectivity index is 0.00000147. The summed E-state index contributed by atoms with van der Waals surface area (Å²) in [5, 5.41) is 13.2. The number of hydrogen-bond acceptors (Lipinski definition) is 2. The Bertz CT molecular complexity index is 637. The molecule has 2 aromatic carbocycles. The Kier molecular flexibility index (Phi) is 4.39. The van der Waals surface area contributed by atoms with Crippen LogP contribution in [0.4, 0.5) is 10.1 Å². The van der Waals surface area contributed by atoms with E-state index in [1.54, 1.807) is 0 Å². The van der Waals surface area contributed by atoms with Crippen LogP contribution in [0.2, 0.25) is 0 Å². The van der Waals surface area contributed by atoms with E-state index in [0.29, 0.717) is 16.5 Å². The van der Waals surface area contributed by atoms with Gasteiger partial charge in [0, 0.05) is 14.6 Å². The molecule has 1 heterocycles. The fraction of sp³-hybridized carbons (Fsp3) is 0.200. The summed E-state index contributed by atoms with van der Waals surface area (Å²) in [6.07, 6.45) is 0.654. The van der Waals surface area contributed by atoms with Crippen LogP contribution in [0.1, 0.15) is 24.6 Å². The lowest BCUT2D eigenvalue weighted by molar-refractivity contribution is 0.452. The highest BCUT2D eigenvalue weighted by Gasteiger charge is 2.27. The van der Waals surface area contributed by atoms with Crippen LogP contribution < -0.4 is 5.32 Å². The standard InChI is InChI=1S/C14H10Br2FNO.CH4/c15-8-1-2-11-7(3-8)4-12(18-11)14-10(17)5-9(16)6-13(14)19;/h1-3,5-6,12,18-19H,4H2;1H4. The van der Waals surface area contributed by atoms with E-state index in [1.807, 2.05) is 18.2 Å². The molecule has 0 radical (unpaired) electrons. The highest BCUT2D eigenvalue weighted by atomic mass is 79.9. The topological polar surface area (TPSA) is 32.3 Å². The molecule has 1 atom stereocenters. The van der Waals surface area contributed by atoms with Crippen molar-refractivity contribution in [3.05, 3.63) is 56.2 Å². The summed E-state index contributed by atoms with van der Waals surface area (Å²) < 4.78 is 15.6. The number of phenolic OH excluding ortho intramolecular Hbond substituents is 1. The Hall–Kier alpha value is -1.07. The van der Waals surface area contributed by atoms with E-state index in [-0.39, 0.29) is 19.2 Å². The molecule has 20 heavy (non-hydrogen) atoms. The first kappa shape index (κ1) is 15.3. The molecule has 1 aliphatic heterocycles. The maximum Gasteiger partial charge on any atom is 0.133 e. The molecule has 0 aliphatic carbocycles. The normalized spacial score (nSPS) is 16.2. The van der Waals surface area contributed by atoms with Crippen LogP contribution in [-0.2, 0) is 6.42 Å². The molecule has 0 spiro atoms. The third kappa shape index (κ3) is 2.69. The zero-order valence-electron chi connectivity index (χ0n) is 9.75. The molecule has 2 nitrogen and oxygen atoms in total.